The first-order chi connectivity index (χ1) is 9.66. The first-order valence-electron chi connectivity index (χ1n) is 9.25. The zero-order valence-corrected chi connectivity index (χ0v) is 4.50. The van der Waals surface area contributed by atoms with E-state index in [1.165, 1.54) is 10.6 Å². The van der Waals surface area contributed by atoms with E-state index >= 15 is 0 Å². The number of piperazine rings is 1. The third-order valence-corrected chi connectivity index (χ3v) is 0.750. The van der Waals surface area contributed by atoms with E-state index in [2.05, 4.69) is 0 Å². The van der Waals surface area contributed by atoms with Crippen molar-refractivity contribution in [1.82, 2.24) is 10.6 Å². The highest BCUT2D eigenvalue weighted by Crippen LogP contribution is 2.00. The predicted molar refractivity (Wildman–Crippen MR) is 39.5 cm³/mol. The number of nitrogens with one attached hydrogen (secondary N) is 2. The van der Waals surface area contributed by atoms with Crippen LogP contribution in [0.25, 0.3) is 0 Å². The highest BCUT2D eigenvalue weighted by atomic mass is 15.1. The summed E-state index contributed by atoms with van der Waals surface area (Å²) in [4.78, 5) is 0. The average molecular weight is 142 g/mol. The van der Waals surface area contributed by atoms with E-state index in [0.29, 0.717) is 0 Å². The molecule has 0 spiro atoms. The van der Waals surface area contributed by atoms with E-state index in [9.17, 15) is 0 Å². The fourth-order valence-electron chi connectivity index (χ4n) is 0.375. The monoisotopic (exact) mass is 142 g/mol. The molecule has 0 saturated carbocycles. The van der Waals surface area contributed by atoms with Crippen molar-refractivity contribution >= 4 is 0 Å². The minimum Gasteiger partial charge on any atom is -0.314 e. The Bertz CT molecular complexity index is 462. The van der Waals surface area contributed by atoms with Crippen molar-refractivity contribution in [3.63, 3.8) is 0 Å². The second-order valence-electron chi connectivity index (χ2n) is 1.38. The molecule has 0 aliphatic carbocycles. The molecule has 1 fully saturated rings. The average Bonchev–Trinajstić information content (AvgIpc) is 2.20. The van der Waals surface area contributed by atoms with Gasteiger partial charge < -0.3 is 10.6 Å². The maximum atomic E-state index is 8.06. The Morgan fingerprint density at radius 3 is 3.56 bits per heavy atom. The van der Waals surface area contributed by atoms with Crippen LogP contribution in [0.3, 0.4) is 0 Å². The third kappa shape index (κ3) is 1.95. The lowest BCUT2D eigenvalue weighted by molar-refractivity contribution is 0.342. The predicted octanol–water partition coefficient (Wildman–Crippen LogP) is 0.204. The van der Waals surface area contributed by atoms with Gasteiger partial charge in [0.25, 0.3) is 0 Å². The summed E-state index contributed by atoms with van der Waals surface area (Å²) in [5, 5.41) is 2.97. The molecule has 1 rings (SSSR count). The summed E-state index contributed by atoms with van der Waals surface area (Å²) in [7, 11) is 0. The van der Waals surface area contributed by atoms with E-state index < -0.39 is 45.1 Å². The molecule has 0 radical (unpaired) electrons. The molecule has 1 aliphatic heterocycles. The lowest BCUT2D eigenvalue weighted by Gasteiger charge is -2.27. The van der Waals surface area contributed by atoms with Crippen molar-refractivity contribution < 1.29 is 19.2 Å². The summed E-state index contributed by atoms with van der Waals surface area (Å²) < 4.78 is 105. The van der Waals surface area contributed by atoms with Gasteiger partial charge >= 0.3 is 0 Å². The second-order valence-corrected chi connectivity index (χ2v) is 1.38. The van der Waals surface area contributed by atoms with Crippen LogP contribution in [-0.2, 0) is 0 Å². The van der Waals surface area contributed by atoms with E-state index in [1.54, 1.807) is 0 Å². The highest BCUT2D eigenvalue weighted by molar-refractivity contribution is 4.77. The van der Waals surface area contributed by atoms with Crippen LogP contribution in [0.5, 0.6) is 0 Å². The van der Waals surface area contributed by atoms with Crippen molar-refractivity contribution in [1.29, 1.82) is 0 Å². The third-order valence-electron chi connectivity index (χ3n) is 0.750. The van der Waals surface area contributed by atoms with Crippen LogP contribution in [0, 0.1) is 5.89 Å². The molecule has 0 aromatic heterocycles. The van der Waals surface area contributed by atoms with E-state index in [4.69, 9.17) is 19.2 Å². The quantitative estimate of drug-likeness (QED) is 0.547. The minimum atomic E-state index is -3.80. The van der Waals surface area contributed by atoms with Crippen LogP contribution in [0.2, 0.25) is 0 Å². The molecule has 1 saturated heterocycles. The molecule has 2 nitrogen and oxygen atoms in total. The van der Waals surface area contributed by atoms with Gasteiger partial charge in [0, 0.05) is 44.7 Å². The fourth-order valence-corrected chi connectivity index (χ4v) is 0.375. The van der Waals surface area contributed by atoms with Crippen LogP contribution < -0.4 is 10.6 Å². The molecule has 0 amide bonds. The van der Waals surface area contributed by atoms with Crippen molar-refractivity contribution in [3.8, 4) is 0 Å². The maximum Gasteiger partial charge on any atom is 0.0481 e. The van der Waals surface area contributed by atoms with Gasteiger partial charge in [0.15, 0.2) is 0 Å². The molecular weight excluding hydrogens is 112 g/mol. The number of rotatable bonds is 1. The van der Waals surface area contributed by atoms with E-state index in [-0.39, 0.29) is 0 Å². The van der Waals surface area contributed by atoms with Gasteiger partial charge in [0.05, 0.1) is 0 Å². The Morgan fingerprint density at radius 2 is 2.78 bits per heavy atom. The molecule has 1 aliphatic rings. The normalized spacial score (nSPS) is 80.9. The number of hydrogen-bond donors (Lipinski definition) is 2. The zero-order valence-electron chi connectivity index (χ0n) is 18.5. The van der Waals surface area contributed by atoms with Crippen LogP contribution in [0.4, 0.5) is 0 Å². The van der Waals surface area contributed by atoms with Crippen molar-refractivity contribution in [2.45, 2.75) is 19.7 Å². The Kier molecular flexibility index (Phi) is 0.376. The van der Waals surface area contributed by atoms with Gasteiger partial charge in [0.2, 0.25) is 0 Å². The smallest absolute Gasteiger partial charge is 0.0481 e. The molecule has 1 atom stereocenters. The van der Waals surface area contributed by atoms with E-state index in [0.717, 1.165) is 0 Å². The maximum absolute atomic E-state index is 8.06. The van der Waals surface area contributed by atoms with Crippen molar-refractivity contribution in [3.05, 3.63) is 0 Å². The van der Waals surface area contributed by atoms with Gasteiger partial charge in [-0.25, -0.2) is 0 Å². The van der Waals surface area contributed by atoms with Crippen LogP contribution >= 0.6 is 0 Å². The summed E-state index contributed by atoms with van der Waals surface area (Å²) >= 11 is 0. The van der Waals surface area contributed by atoms with Gasteiger partial charge in [-0.15, -0.1) is 0 Å². The lowest BCUT2D eigenvalue weighted by atomic mass is 10.0. The summed E-state index contributed by atoms with van der Waals surface area (Å²) in [5.41, 5.74) is 0. The molecule has 0 unspecified atom stereocenters. The Balaban J connectivity index is 3.70. The van der Waals surface area contributed by atoms with E-state index in [1.807, 2.05) is 0 Å². The SMILES string of the molecule is [2H]C([2H])([2H])C([2H])(C([2H])([2H])[2H])[C@@]1([2H])NC([2H])([2H])C([2H])([2H])NC1([2H])[2H]. The Labute approximate surface area is 76.7 Å². The Hall–Kier alpha value is -0.0800. The molecule has 0 aromatic carbocycles. The topological polar surface area (TPSA) is 24.1 Å². The minimum absolute atomic E-state index is 1.48. The van der Waals surface area contributed by atoms with Crippen LogP contribution in [0.1, 0.15) is 32.9 Å². The molecular formula is C7H16N2. The van der Waals surface area contributed by atoms with Crippen molar-refractivity contribution in [2.75, 3.05) is 19.5 Å². The standard InChI is InChI=1S/C7H16N2/c1-6(2)7-5-8-3-4-9-7/h6-9H,3-5H2,1-2H3/t7-/m0/s1/i1D3,2D3,3D2,4D2,5D2,6D,7D. The summed E-state index contributed by atoms with van der Waals surface area (Å²) in [5.74, 6) is -3.80. The molecule has 1 heterocycles. The first-order valence-corrected chi connectivity index (χ1v) is 2.25. The molecule has 54 valence electrons. The van der Waals surface area contributed by atoms with Gasteiger partial charge in [-0.3, -0.25) is 0 Å². The first kappa shape index (κ1) is 1.07. The summed E-state index contributed by atoms with van der Waals surface area (Å²) in [6, 6.07) is -3.56. The van der Waals surface area contributed by atoms with Gasteiger partial charge in [-0.05, 0) is 5.89 Å². The second kappa shape index (κ2) is 3.18. The molecule has 0 aromatic rings. The largest absolute Gasteiger partial charge is 0.314 e. The van der Waals surface area contributed by atoms with Gasteiger partial charge in [-0.2, -0.15) is 0 Å². The molecule has 0 bridgehead atoms. The van der Waals surface area contributed by atoms with Gasteiger partial charge in [0.1, 0.15) is 0 Å². The highest BCUT2D eigenvalue weighted by Gasteiger charge is 2.14. The Morgan fingerprint density at radius 1 is 1.89 bits per heavy atom. The summed E-state index contributed by atoms with van der Waals surface area (Å²) in [6.07, 6.45) is 0. The number of hydrogen-bond acceptors (Lipinski definition) is 2. The molecule has 9 heavy (non-hydrogen) atoms. The lowest BCUT2D eigenvalue weighted by Crippen LogP contribution is -2.50. The van der Waals surface area contributed by atoms with Crippen molar-refractivity contribution in [2.24, 2.45) is 5.89 Å². The fraction of sp³-hybridized carbons (Fsp3) is 1.00. The molecule has 2 heteroatoms. The van der Waals surface area contributed by atoms with Crippen LogP contribution in [0.15, 0.2) is 0 Å². The van der Waals surface area contributed by atoms with Crippen LogP contribution in [-0.4, -0.2) is 25.5 Å². The molecule has 2 N–H and O–H groups in total. The summed E-state index contributed by atoms with van der Waals surface area (Å²) in [6.45, 7) is -17.1. The zero-order chi connectivity index (χ0) is 18.9. The van der Waals surface area contributed by atoms with Gasteiger partial charge in [-0.1, -0.05) is 13.7 Å².